The Hall–Kier alpha value is -3.19. The number of fused-ring (bicyclic) bond motifs is 3. The fraction of sp³-hybridized carbons (Fsp3) is 0.250. The van der Waals surface area contributed by atoms with Gasteiger partial charge in [-0.25, -0.2) is 10.9 Å². The second-order valence-corrected chi connectivity index (χ2v) is 6.72. The number of aryl methyl sites for hydroxylation is 1. The van der Waals surface area contributed by atoms with Crippen molar-refractivity contribution in [3.8, 4) is 0 Å². The van der Waals surface area contributed by atoms with Crippen LogP contribution < -0.4 is 21.1 Å². The summed E-state index contributed by atoms with van der Waals surface area (Å²) in [5.74, 6) is 5.45. The fourth-order valence-electron chi connectivity index (χ4n) is 3.44. The first kappa shape index (κ1) is 17.2. The van der Waals surface area contributed by atoms with Gasteiger partial charge in [0.1, 0.15) is 0 Å². The molecule has 0 fully saturated rings. The monoisotopic (exact) mass is 363 g/mol. The summed E-state index contributed by atoms with van der Waals surface area (Å²) in [7, 11) is 0. The van der Waals surface area contributed by atoms with Gasteiger partial charge in [-0.15, -0.1) is 0 Å². The number of para-hydroxylation sites is 2. The van der Waals surface area contributed by atoms with Crippen molar-refractivity contribution in [2.75, 3.05) is 21.8 Å². The quantitative estimate of drug-likeness (QED) is 0.814. The molecule has 0 aliphatic carbocycles. The van der Waals surface area contributed by atoms with Crippen LogP contribution in [-0.4, -0.2) is 24.3 Å². The molecule has 7 heteroatoms. The molecule has 2 aliphatic heterocycles. The van der Waals surface area contributed by atoms with Crippen LogP contribution in [0.4, 0.5) is 17.1 Å². The highest BCUT2D eigenvalue weighted by Gasteiger charge is 2.39. The fourth-order valence-corrected chi connectivity index (χ4v) is 3.44. The number of nitrogens with zero attached hydrogens (tertiary/aromatic N) is 3. The van der Waals surface area contributed by atoms with E-state index in [4.69, 9.17) is 5.84 Å². The van der Waals surface area contributed by atoms with Gasteiger partial charge >= 0.3 is 0 Å². The Morgan fingerprint density at radius 1 is 1.19 bits per heavy atom. The van der Waals surface area contributed by atoms with E-state index in [1.165, 1.54) is 10.6 Å². The lowest BCUT2D eigenvalue weighted by atomic mass is 10.0. The Labute approximate surface area is 157 Å². The third-order valence-electron chi connectivity index (χ3n) is 4.93. The van der Waals surface area contributed by atoms with Gasteiger partial charge in [0, 0.05) is 18.7 Å². The highest BCUT2D eigenvalue weighted by atomic mass is 16.2. The van der Waals surface area contributed by atoms with Gasteiger partial charge in [0.15, 0.2) is 0 Å². The van der Waals surface area contributed by atoms with Crippen LogP contribution in [0.25, 0.3) is 0 Å². The standard InChI is InChI=1S/C20H21N5O2/c1-2-13-7-9-15(10-8-13)22-18(26)11-14-12-24-16-5-3-4-6-17(16)25(21)20(24)23-19(14)27/h3-10,14H,2,11-12,21H2,1H3,(H,22,26). The number of carbonyl (C=O) groups is 2. The van der Waals surface area contributed by atoms with Gasteiger partial charge in [-0.2, -0.15) is 4.99 Å². The van der Waals surface area contributed by atoms with Crippen LogP contribution in [0, 0.1) is 5.92 Å². The number of anilines is 3. The van der Waals surface area contributed by atoms with Crippen LogP contribution in [0.1, 0.15) is 18.9 Å². The molecule has 2 heterocycles. The second kappa shape index (κ2) is 6.85. The summed E-state index contributed by atoms with van der Waals surface area (Å²) in [6.45, 7) is 2.46. The van der Waals surface area contributed by atoms with Crippen LogP contribution in [-0.2, 0) is 16.0 Å². The Bertz CT molecular complexity index is 922. The minimum atomic E-state index is -0.511. The van der Waals surface area contributed by atoms with Gasteiger partial charge in [0.05, 0.1) is 17.3 Å². The summed E-state index contributed by atoms with van der Waals surface area (Å²) in [6, 6.07) is 15.3. The van der Waals surface area contributed by atoms with Gasteiger partial charge in [-0.1, -0.05) is 31.2 Å². The molecule has 138 valence electrons. The molecule has 0 saturated heterocycles. The smallest absolute Gasteiger partial charge is 0.254 e. The van der Waals surface area contributed by atoms with E-state index in [9.17, 15) is 9.59 Å². The Balaban J connectivity index is 1.47. The number of benzene rings is 2. The molecule has 1 atom stereocenters. The van der Waals surface area contributed by atoms with Crippen LogP contribution in [0.15, 0.2) is 53.5 Å². The second-order valence-electron chi connectivity index (χ2n) is 6.72. The van der Waals surface area contributed by atoms with Gasteiger partial charge in [-0.05, 0) is 36.2 Å². The van der Waals surface area contributed by atoms with Gasteiger partial charge in [-0.3, -0.25) is 9.59 Å². The van der Waals surface area contributed by atoms with Crippen molar-refractivity contribution in [2.24, 2.45) is 16.8 Å². The zero-order chi connectivity index (χ0) is 19.0. The molecule has 0 radical (unpaired) electrons. The van der Waals surface area contributed by atoms with Crippen molar-refractivity contribution in [3.63, 3.8) is 0 Å². The predicted octanol–water partition coefficient (Wildman–Crippen LogP) is 2.29. The largest absolute Gasteiger partial charge is 0.326 e. The number of nitrogens with two attached hydrogens (primary N) is 1. The summed E-state index contributed by atoms with van der Waals surface area (Å²) in [6.07, 6.45) is 1.02. The third kappa shape index (κ3) is 3.17. The number of carbonyl (C=O) groups excluding carboxylic acids is 2. The molecule has 7 nitrogen and oxygen atoms in total. The lowest BCUT2D eigenvalue weighted by molar-refractivity contribution is -0.126. The van der Waals surface area contributed by atoms with E-state index >= 15 is 0 Å². The molecule has 0 bridgehead atoms. The SMILES string of the molecule is CCc1ccc(NC(=O)CC2CN3C(=NC2=O)N(N)c2ccccc23)cc1. The van der Waals surface area contributed by atoms with Crippen molar-refractivity contribution in [2.45, 2.75) is 19.8 Å². The van der Waals surface area contributed by atoms with E-state index in [0.717, 1.165) is 23.5 Å². The summed E-state index contributed by atoms with van der Waals surface area (Å²) in [5.41, 5.74) is 3.62. The van der Waals surface area contributed by atoms with E-state index in [0.29, 0.717) is 12.5 Å². The predicted molar refractivity (Wildman–Crippen MR) is 105 cm³/mol. The number of aliphatic imine (C=N–C) groups is 1. The van der Waals surface area contributed by atoms with Gasteiger partial charge < -0.3 is 10.2 Å². The molecule has 2 aromatic rings. The van der Waals surface area contributed by atoms with Crippen molar-refractivity contribution in [3.05, 3.63) is 54.1 Å². The van der Waals surface area contributed by atoms with Crippen molar-refractivity contribution in [1.82, 2.24) is 0 Å². The number of guanidine groups is 1. The van der Waals surface area contributed by atoms with E-state index in [1.807, 2.05) is 53.4 Å². The molecule has 4 rings (SSSR count). The van der Waals surface area contributed by atoms with Crippen molar-refractivity contribution < 1.29 is 9.59 Å². The maximum atomic E-state index is 12.4. The molecular formula is C20H21N5O2. The summed E-state index contributed by atoms with van der Waals surface area (Å²) < 4.78 is 0. The molecule has 2 aliphatic rings. The molecule has 0 spiro atoms. The number of hydrogen-bond acceptors (Lipinski definition) is 5. The first-order valence-electron chi connectivity index (χ1n) is 8.99. The number of hydrazine groups is 1. The molecule has 3 N–H and O–H groups in total. The van der Waals surface area contributed by atoms with Crippen LogP contribution in [0.5, 0.6) is 0 Å². The summed E-state index contributed by atoms with van der Waals surface area (Å²) >= 11 is 0. The lowest BCUT2D eigenvalue weighted by Crippen LogP contribution is -2.49. The van der Waals surface area contributed by atoms with Crippen LogP contribution in [0.3, 0.4) is 0 Å². The number of hydrogen-bond donors (Lipinski definition) is 2. The molecule has 0 saturated carbocycles. The van der Waals surface area contributed by atoms with Crippen LogP contribution >= 0.6 is 0 Å². The first-order chi connectivity index (χ1) is 13.1. The Morgan fingerprint density at radius 3 is 2.59 bits per heavy atom. The number of nitrogens with one attached hydrogen (secondary N) is 1. The third-order valence-corrected chi connectivity index (χ3v) is 4.93. The maximum absolute atomic E-state index is 12.4. The average Bonchev–Trinajstić information content (AvgIpc) is 2.95. The molecular weight excluding hydrogens is 342 g/mol. The van der Waals surface area contributed by atoms with E-state index in [1.54, 1.807) is 0 Å². The lowest BCUT2D eigenvalue weighted by Gasteiger charge is -2.28. The number of rotatable bonds is 4. The normalized spacial score (nSPS) is 18.1. The Morgan fingerprint density at radius 2 is 1.89 bits per heavy atom. The van der Waals surface area contributed by atoms with Gasteiger partial charge in [0.2, 0.25) is 11.9 Å². The van der Waals surface area contributed by atoms with Crippen LogP contribution in [0.2, 0.25) is 0 Å². The van der Waals surface area contributed by atoms with Crippen molar-refractivity contribution in [1.29, 1.82) is 0 Å². The van der Waals surface area contributed by atoms with E-state index in [2.05, 4.69) is 17.2 Å². The molecule has 1 unspecified atom stereocenters. The minimum absolute atomic E-state index is 0.0778. The zero-order valence-electron chi connectivity index (χ0n) is 15.1. The maximum Gasteiger partial charge on any atom is 0.254 e. The van der Waals surface area contributed by atoms with Crippen molar-refractivity contribution >= 4 is 34.8 Å². The Kier molecular flexibility index (Phi) is 4.37. The average molecular weight is 363 g/mol. The molecule has 27 heavy (non-hydrogen) atoms. The minimum Gasteiger partial charge on any atom is -0.326 e. The first-order valence-corrected chi connectivity index (χ1v) is 8.99. The summed E-state index contributed by atoms with van der Waals surface area (Å²) in [4.78, 5) is 30.9. The molecule has 2 amide bonds. The van der Waals surface area contributed by atoms with E-state index in [-0.39, 0.29) is 18.2 Å². The zero-order valence-corrected chi connectivity index (χ0v) is 15.1. The molecule has 2 aromatic carbocycles. The molecule has 0 aromatic heterocycles. The highest BCUT2D eigenvalue weighted by molar-refractivity contribution is 6.20. The van der Waals surface area contributed by atoms with E-state index < -0.39 is 5.92 Å². The topological polar surface area (TPSA) is 91.0 Å². The highest BCUT2D eigenvalue weighted by Crippen LogP contribution is 2.37. The number of amides is 2. The van der Waals surface area contributed by atoms with Gasteiger partial charge in [0.25, 0.3) is 5.91 Å². The summed E-state index contributed by atoms with van der Waals surface area (Å²) in [5, 5.41) is 4.27.